The van der Waals surface area contributed by atoms with Crippen LogP contribution in [0.25, 0.3) is 11.4 Å². The lowest BCUT2D eigenvalue weighted by Gasteiger charge is -2.09. The third-order valence-electron chi connectivity index (χ3n) is 4.56. The minimum Gasteiger partial charge on any atom is -0.384 e. The van der Waals surface area contributed by atoms with Crippen molar-refractivity contribution in [1.29, 1.82) is 0 Å². The van der Waals surface area contributed by atoms with Crippen LogP contribution in [0.1, 0.15) is 29.9 Å². The molecule has 1 aliphatic rings. The Kier molecular flexibility index (Phi) is 3.33. The second kappa shape index (κ2) is 5.40. The van der Waals surface area contributed by atoms with Crippen molar-refractivity contribution in [2.75, 3.05) is 5.73 Å². The maximum Gasteiger partial charge on any atom is 0.233 e. The van der Waals surface area contributed by atoms with Gasteiger partial charge in [0, 0.05) is 11.8 Å². The van der Waals surface area contributed by atoms with Crippen LogP contribution in [0.3, 0.4) is 0 Å². The number of rotatable bonds is 4. The summed E-state index contributed by atoms with van der Waals surface area (Å²) in [6.45, 7) is 1.94. The topological polar surface area (TPSA) is 77.8 Å². The molecule has 6 heteroatoms. The number of pyridine rings is 1. The zero-order valence-electron chi connectivity index (χ0n) is 13.3. The number of halogens is 1. The number of aromatic nitrogens is 3. The molecule has 1 fully saturated rings. The molecule has 0 bridgehead atoms. The molecule has 24 heavy (non-hydrogen) atoms. The Labute approximate surface area is 138 Å². The number of anilines is 1. The average Bonchev–Trinajstić information content (AvgIpc) is 3.16. The number of benzene rings is 1. The van der Waals surface area contributed by atoms with E-state index in [1.165, 1.54) is 12.1 Å². The highest BCUT2D eigenvalue weighted by Gasteiger charge is 2.49. The van der Waals surface area contributed by atoms with E-state index in [0.29, 0.717) is 17.5 Å². The largest absolute Gasteiger partial charge is 0.384 e. The van der Waals surface area contributed by atoms with Crippen LogP contribution in [0.2, 0.25) is 0 Å². The fraction of sp³-hybridized carbons (Fsp3) is 0.278. The molecule has 0 radical (unpaired) electrons. The van der Waals surface area contributed by atoms with Gasteiger partial charge in [0.15, 0.2) is 0 Å². The lowest BCUT2D eigenvalue weighted by molar-refractivity contribution is 0.344. The van der Waals surface area contributed by atoms with Gasteiger partial charge in [-0.05, 0) is 55.5 Å². The maximum absolute atomic E-state index is 13.1. The first kappa shape index (κ1) is 14.8. The number of nitrogen functional groups attached to an aromatic ring is 1. The normalized spacial score (nSPS) is 15.4. The highest BCUT2D eigenvalue weighted by atomic mass is 19.1. The summed E-state index contributed by atoms with van der Waals surface area (Å²) in [5.41, 5.74) is 8.40. The van der Waals surface area contributed by atoms with E-state index >= 15 is 0 Å². The van der Waals surface area contributed by atoms with Crippen molar-refractivity contribution in [2.45, 2.75) is 31.6 Å². The summed E-state index contributed by atoms with van der Waals surface area (Å²) >= 11 is 0. The average molecular weight is 324 g/mol. The summed E-state index contributed by atoms with van der Waals surface area (Å²) in [6, 6.07) is 8.36. The number of hydrogen-bond donors (Lipinski definition) is 1. The summed E-state index contributed by atoms with van der Waals surface area (Å²) in [7, 11) is 0. The van der Waals surface area contributed by atoms with E-state index in [4.69, 9.17) is 10.3 Å². The van der Waals surface area contributed by atoms with Crippen molar-refractivity contribution in [1.82, 2.24) is 15.1 Å². The van der Waals surface area contributed by atoms with Crippen LogP contribution in [0, 0.1) is 12.7 Å². The molecule has 0 amide bonds. The van der Waals surface area contributed by atoms with Gasteiger partial charge < -0.3 is 10.3 Å². The standard InChI is InChI=1S/C18H17FN4O/c1-11-8-15(20)21-10-14(11)16-22-17(24-23-16)18(6-7-18)9-12-2-4-13(19)5-3-12/h2-5,8,10H,6-7,9H2,1H3,(H2,20,21). The minimum atomic E-state index is -0.227. The van der Waals surface area contributed by atoms with Crippen LogP contribution >= 0.6 is 0 Å². The van der Waals surface area contributed by atoms with E-state index < -0.39 is 0 Å². The summed E-state index contributed by atoms with van der Waals surface area (Å²) in [5, 5.41) is 4.11. The summed E-state index contributed by atoms with van der Waals surface area (Å²) in [6.07, 6.45) is 4.42. The first-order valence-corrected chi connectivity index (χ1v) is 7.87. The Hall–Kier alpha value is -2.76. The zero-order chi connectivity index (χ0) is 16.7. The molecule has 2 N–H and O–H groups in total. The van der Waals surface area contributed by atoms with Gasteiger partial charge in [0.25, 0.3) is 0 Å². The summed E-state index contributed by atoms with van der Waals surface area (Å²) in [4.78, 5) is 8.69. The number of hydrogen-bond acceptors (Lipinski definition) is 5. The monoisotopic (exact) mass is 324 g/mol. The van der Waals surface area contributed by atoms with Gasteiger partial charge in [-0.15, -0.1) is 0 Å². The van der Waals surface area contributed by atoms with Crippen molar-refractivity contribution in [3.63, 3.8) is 0 Å². The first-order valence-electron chi connectivity index (χ1n) is 7.87. The van der Waals surface area contributed by atoms with Crippen molar-refractivity contribution >= 4 is 5.82 Å². The fourth-order valence-corrected chi connectivity index (χ4v) is 2.97. The van der Waals surface area contributed by atoms with E-state index in [2.05, 4.69) is 15.1 Å². The second-order valence-electron chi connectivity index (χ2n) is 6.43. The summed E-state index contributed by atoms with van der Waals surface area (Å²) in [5.74, 6) is 1.41. The van der Waals surface area contributed by atoms with Gasteiger partial charge in [-0.25, -0.2) is 9.37 Å². The smallest absolute Gasteiger partial charge is 0.233 e. The van der Waals surface area contributed by atoms with Gasteiger partial charge in [0.2, 0.25) is 11.7 Å². The van der Waals surface area contributed by atoms with E-state index in [1.807, 2.05) is 6.92 Å². The molecule has 0 unspecified atom stereocenters. The van der Waals surface area contributed by atoms with Gasteiger partial charge in [-0.2, -0.15) is 4.98 Å². The van der Waals surface area contributed by atoms with E-state index in [1.54, 1.807) is 24.4 Å². The Morgan fingerprint density at radius 2 is 2.00 bits per heavy atom. The minimum absolute atomic E-state index is 0.127. The van der Waals surface area contributed by atoms with Crippen LogP contribution < -0.4 is 5.73 Å². The van der Waals surface area contributed by atoms with Crippen LogP contribution in [0.15, 0.2) is 41.1 Å². The van der Waals surface area contributed by atoms with E-state index in [9.17, 15) is 4.39 Å². The highest BCUT2D eigenvalue weighted by molar-refractivity contribution is 5.60. The van der Waals surface area contributed by atoms with Crippen molar-refractivity contribution < 1.29 is 8.91 Å². The second-order valence-corrected chi connectivity index (χ2v) is 6.43. The highest BCUT2D eigenvalue weighted by Crippen LogP contribution is 2.50. The number of nitrogens with two attached hydrogens (primary N) is 1. The quantitative estimate of drug-likeness (QED) is 0.795. The molecular weight excluding hydrogens is 307 g/mol. The van der Waals surface area contributed by atoms with Gasteiger partial charge in [0.05, 0.1) is 5.41 Å². The van der Waals surface area contributed by atoms with E-state index in [0.717, 1.165) is 36.0 Å². The molecule has 1 aromatic carbocycles. The van der Waals surface area contributed by atoms with Gasteiger partial charge in [0.1, 0.15) is 11.6 Å². The van der Waals surface area contributed by atoms with Crippen molar-refractivity contribution in [2.24, 2.45) is 0 Å². The molecule has 0 saturated heterocycles. The predicted molar refractivity (Wildman–Crippen MR) is 87.7 cm³/mol. The molecular formula is C18H17FN4O. The molecule has 0 atom stereocenters. The van der Waals surface area contributed by atoms with Gasteiger partial charge >= 0.3 is 0 Å². The molecule has 1 saturated carbocycles. The van der Waals surface area contributed by atoms with Crippen LogP contribution in [0.4, 0.5) is 10.2 Å². The third-order valence-corrected chi connectivity index (χ3v) is 4.56. The SMILES string of the molecule is Cc1cc(N)ncc1-c1noc(C2(Cc3ccc(F)cc3)CC2)n1. The maximum atomic E-state index is 13.1. The van der Waals surface area contributed by atoms with Crippen molar-refractivity contribution in [3.05, 3.63) is 59.4 Å². The first-order chi connectivity index (χ1) is 11.6. The Morgan fingerprint density at radius 3 is 2.67 bits per heavy atom. The van der Waals surface area contributed by atoms with Crippen molar-refractivity contribution in [3.8, 4) is 11.4 Å². The van der Waals surface area contributed by atoms with Crippen LogP contribution in [0.5, 0.6) is 0 Å². The molecule has 2 aromatic heterocycles. The zero-order valence-corrected chi connectivity index (χ0v) is 13.3. The lowest BCUT2D eigenvalue weighted by Crippen LogP contribution is -2.11. The molecule has 3 aromatic rings. The Balaban J connectivity index is 1.61. The van der Waals surface area contributed by atoms with Crippen LogP contribution in [-0.2, 0) is 11.8 Å². The summed E-state index contributed by atoms with van der Waals surface area (Å²) < 4.78 is 18.6. The lowest BCUT2D eigenvalue weighted by atomic mass is 9.96. The Morgan fingerprint density at radius 1 is 1.25 bits per heavy atom. The fourth-order valence-electron chi connectivity index (χ4n) is 2.97. The molecule has 122 valence electrons. The molecule has 5 nitrogen and oxygen atoms in total. The molecule has 0 aliphatic heterocycles. The third kappa shape index (κ3) is 2.64. The predicted octanol–water partition coefficient (Wildman–Crippen LogP) is 3.44. The molecule has 4 rings (SSSR count). The Bertz CT molecular complexity index is 884. The molecule has 0 spiro atoms. The molecule has 1 aliphatic carbocycles. The van der Waals surface area contributed by atoms with E-state index in [-0.39, 0.29) is 11.2 Å². The van der Waals surface area contributed by atoms with Gasteiger partial charge in [-0.1, -0.05) is 17.3 Å². The van der Waals surface area contributed by atoms with Crippen LogP contribution in [-0.4, -0.2) is 15.1 Å². The number of aryl methyl sites for hydroxylation is 1. The molecule has 2 heterocycles. The number of nitrogens with zero attached hydrogens (tertiary/aromatic N) is 3. The van der Waals surface area contributed by atoms with Gasteiger partial charge in [-0.3, -0.25) is 0 Å².